The monoisotopic (exact) mass is 198 g/mol. The highest BCUT2D eigenvalue weighted by Gasteiger charge is 1.92. The van der Waals surface area contributed by atoms with Crippen molar-refractivity contribution in [1.82, 2.24) is 10.6 Å². The van der Waals surface area contributed by atoms with Gasteiger partial charge in [-0.25, -0.2) is 0 Å². The van der Waals surface area contributed by atoms with Crippen LogP contribution in [0.25, 0.3) is 0 Å². The molecule has 0 aliphatic rings. The molecule has 0 aliphatic carbocycles. The third-order valence-corrected chi connectivity index (χ3v) is 2.32. The number of rotatable bonds is 5. The zero-order valence-corrected chi connectivity index (χ0v) is 8.49. The van der Waals surface area contributed by atoms with Crippen molar-refractivity contribution in [3.05, 3.63) is 22.4 Å². The molecule has 4 heteroatoms. The molecule has 1 amide bonds. The van der Waals surface area contributed by atoms with E-state index in [1.165, 1.54) is 12.5 Å². The Morgan fingerprint density at radius 3 is 3.00 bits per heavy atom. The Balaban J connectivity index is 1.99. The summed E-state index contributed by atoms with van der Waals surface area (Å²) in [6.45, 7) is 3.91. The minimum Gasteiger partial charge on any atom is -0.355 e. The average Bonchev–Trinajstić information content (AvgIpc) is 2.55. The Morgan fingerprint density at radius 2 is 2.38 bits per heavy atom. The number of carbonyl (C=O) groups excluding carboxylic acids is 1. The first kappa shape index (κ1) is 10.2. The van der Waals surface area contributed by atoms with Crippen LogP contribution in [-0.2, 0) is 11.3 Å². The lowest BCUT2D eigenvalue weighted by Gasteiger charge is -2.03. The second-order valence-electron chi connectivity index (χ2n) is 2.79. The number of thiophene rings is 1. The molecule has 0 saturated heterocycles. The molecule has 0 aromatic carbocycles. The van der Waals surface area contributed by atoms with Gasteiger partial charge < -0.3 is 10.6 Å². The minimum atomic E-state index is 0.0253. The maximum absolute atomic E-state index is 10.5. The van der Waals surface area contributed by atoms with E-state index in [0.717, 1.165) is 13.1 Å². The highest BCUT2D eigenvalue weighted by atomic mass is 32.1. The zero-order valence-electron chi connectivity index (χ0n) is 7.67. The molecule has 0 spiro atoms. The second-order valence-corrected chi connectivity index (χ2v) is 3.57. The summed E-state index contributed by atoms with van der Waals surface area (Å²) in [5, 5.41) is 10.1. The van der Waals surface area contributed by atoms with Gasteiger partial charge in [0.05, 0.1) is 0 Å². The minimum absolute atomic E-state index is 0.0253. The van der Waals surface area contributed by atoms with Crippen molar-refractivity contribution in [2.75, 3.05) is 13.1 Å². The molecule has 0 fully saturated rings. The topological polar surface area (TPSA) is 41.1 Å². The van der Waals surface area contributed by atoms with Gasteiger partial charge in [0, 0.05) is 26.6 Å². The lowest BCUT2D eigenvalue weighted by atomic mass is 10.3. The van der Waals surface area contributed by atoms with E-state index < -0.39 is 0 Å². The summed E-state index contributed by atoms with van der Waals surface area (Å²) >= 11 is 1.70. The Morgan fingerprint density at radius 1 is 1.54 bits per heavy atom. The fraction of sp³-hybridized carbons (Fsp3) is 0.444. The van der Waals surface area contributed by atoms with Crippen molar-refractivity contribution in [3.63, 3.8) is 0 Å². The number of carbonyl (C=O) groups is 1. The highest BCUT2D eigenvalue weighted by molar-refractivity contribution is 7.07. The lowest BCUT2D eigenvalue weighted by Crippen LogP contribution is -2.29. The number of hydrogen-bond acceptors (Lipinski definition) is 3. The molecule has 0 radical (unpaired) electrons. The molecular weight excluding hydrogens is 184 g/mol. The Kier molecular flexibility index (Phi) is 4.49. The van der Waals surface area contributed by atoms with Crippen LogP contribution in [0.1, 0.15) is 12.5 Å². The first-order valence-electron chi connectivity index (χ1n) is 4.25. The first-order valence-corrected chi connectivity index (χ1v) is 5.19. The van der Waals surface area contributed by atoms with Crippen molar-refractivity contribution < 1.29 is 4.79 Å². The van der Waals surface area contributed by atoms with E-state index in [-0.39, 0.29) is 5.91 Å². The van der Waals surface area contributed by atoms with Crippen molar-refractivity contribution in [2.45, 2.75) is 13.5 Å². The molecule has 0 saturated carbocycles. The quantitative estimate of drug-likeness (QED) is 0.692. The Labute approximate surface area is 82.2 Å². The van der Waals surface area contributed by atoms with Crippen LogP contribution in [0.3, 0.4) is 0 Å². The number of nitrogens with one attached hydrogen (secondary N) is 2. The number of hydrogen-bond donors (Lipinski definition) is 2. The SMILES string of the molecule is CC(=O)NCCNCc1ccsc1. The molecular formula is C9H14N2OS. The molecule has 0 atom stereocenters. The van der Waals surface area contributed by atoms with Crippen molar-refractivity contribution in [3.8, 4) is 0 Å². The van der Waals surface area contributed by atoms with E-state index in [9.17, 15) is 4.79 Å². The summed E-state index contributed by atoms with van der Waals surface area (Å²) in [6, 6.07) is 2.09. The van der Waals surface area contributed by atoms with Crippen LogP contribution in [0.15, 0.2) is 16.8 Å². The average molecular weight is 198 g/mol. The largest absolute Gasteiger partial charge is 0.355 e. The lowest BCUT2D eigenvalue weighted by molar-refractivity contribution is -0.118. The van der Waals surface area contributed by atoms with Crippen LogP contribution in [0.5, 0.6) is 0 Å². The molecule has 1 heterocycles. The molecule has 1 aromatic heterocycles. The number of amides is 1. The maximum Gasteiger partial charge on any atom is 0.216 e. The molecule has 0 unspecified atom stereocenters. The fourth-order valence-electron chi connectivity index (χ4n) is 0.953. The van der Waals surface area contributed by atoms with Gasteiger partial charge in [0.15, 0.2) is 0 Å². The first-order chi connectivity index (χ1) is 6.29. The van der Waals surface area contributed by atoms with E-state index >= 15 is 0 Å². The third-order valence-electron chi connectivity index (χ3n) is 1.58. The van der Waals surface area contributed by atoms with Gasteiger partial charge >= 0.3 is 0 Å². The summed E-state index contributed by atoms with van der Waals surface area (Å²) in [5.41, 5.74) is 1.30. The van der Waals surface area contributed by atoms with Crippen molar-refractivity contribution in [1.29, 1.82) is 0 Å². The zero-order chi connectivity index (χ0) is 9.52. The van der Waals surface area contributed by atoms with E-state index in [1.54, 1.807) is 11.3 Å². The molecule has 1 rings (SSSR count). The van der Waals surface area contributed by atoms with E-state index in [0.29, 0.717) is 6.54 Å². The fourth-order valence-corrected chi connectivity index (χ4v) is 1.62. The molecule has 13 heavy (non-hydrogen) atoms. The van der Waals surface area contributed by atoms with Crippen LogP contribution in [0.4, 0.5) is 0 Å². The van der Waals surface area contributed by atoms with Crippen molar-refractivity contribution >= 4 is 17.2 Å². The summed E-state index contributed by atoms with van der Waals surface area (Å²) in [5.74, 6) is 0.0253. The van der Waals surface area contributed by atoms with Crippen LogP contribution < -0.4 is 10.6 Å². The van der Waals surface area contributed by atoms with Gasteiger partial charge in [-0.2, -0.15) is 11.3 Å². The summed E-state index contributed by atoms with van der Waals surface area (Å²) in [4.78, 5) is 10.5. The maximum atomic E-state index is 10.5. The van der Waals surface area contributed by atoms with Crippen molar-refractivity contribution in [2.24, 2.45) is 0 Å². The second kappa shape index (κ2) is 5.72. The summed E-state index contributed by atoms with van der Waals surface area (Å²) < 4.78 is 0. The van der Waals surface area contributed by atoms with Crippen LogP contribution >= 0.6 is 11.3 Å². The highest BCUT2D eigenvalue weighted by Crippen LogP contribution is 2.04. The normalized spacial score (nSPS) is 9.92. The van der Waals surface area contributed by atoms with Gasteiger partial charge in [0.1, 0.15) is 0 Å². The molecule has 0 aliphatic heterocycles. The third kappa shape index (κ3) is 4.65. The molecule has 3 nitrogen and oxygen atoms in total. The molecule has 1 aromatic rings. The molecule has 0 bridgehead atoms. The van der Waals surface area contributed by atoms with Gasteiger partial charge in [0.2, 0.25) is 5.91 Å². The van der Waals surface area contributed by atoms with Crippen LogP contribution in [-0.4, -0.2) is 19.0 Å². The van der Waals surface area contributed by atoms with Gasteiger partial charge in [-0.05, 0) is 22.4 Å². The molecule has 72 valence electrons. The smallest absolute Gasteiger partial charge is 0.216 e. The summed E-state index contributed by atoms with van der Waals surface area (Å²) in [7, 11) is 0. The van der Waals surface area contributed by atoms with Crippen LogP contribution in [0, 0.1) is 0 Å². The Bertz CT molecular complexity index is 246. The predicted octanol–water partition coefficient (Wildman–Crippen LogP) is 0.974. The standard InChI is InChI=1S/C9H14N2OS/c1-8(12)11-4-3-10-6-9-2-5-13-7-9/h2,5,7,10H,3-4,6H2,1H3,(H,11,12). The summed E-state index contributed by atoms with van der Waals surface area (Å²) in [6.07, 6.45) is 0. The van der Waals surface area contributed by atoms with Gasteiger partial charge in [-0.1, -0.05) is 0 Å². The van der Waals surface area contributed by atoms with Gasteiger partial charge in [-0.15, -0.1) is 0 Å². The van der Waals surface area contributed by atoms with Gasteiger partial charge in [0.25, 0.3) is 0 Å². The molecule has 2 N–H and O–H groups in total. The Hall–Kier alpha value is -0.870. The predicted molar refractivity (Wildman–Crippen MR) is 54.7 cm³/mol. The van der Waals surface area contributed by atoms with Gasteiger partial charge in [-0.3, -0.25) is 4.79 Å². The van der Waals surface area contributed by atoms with E-state index in [1.807, 2.05) is 0 Å². The van der Waals surface area contributed by atoms with E-state index in [4.69, 9.17) is 0 Å². The van der Waals surface area contributed by atoms with E-state index in [2.05, 4.69) is 27.5 Å². The van der Waals surface area contributed by atoms with Crippen LogP contribution in [0.2, 0.25) is 0 Å².